The number of nitrogens with zero attached hydrogens (tertiary/aromatic N) is 2. The molecule has 2 N–H and O–H groups in total. The topological polar surface area (TPSA) is 41.7 Å². The molecule has 2 atom stereocenters. The van der Waals surface area contributed by atoms with Crippen molar-refractivity contribution in [1.82, 2.24) is 9.80 Å². The highest BCUT2D eigenvalue weighted by molar-refractivity contribution is 4.88. The average molecular weight is 255 g/mol. The zero-order valence-electron chi connectivity index (χ0n) is 12.0. The maximum atomic E-state index is 5.96. The summed E-state index contributed by atoms with van der Waals surface area (Å²) in [5, 5.41) is 0. The van der Waals surface area contributed by atoms with Crippen LogP contribution in [0.1, 0.15) is 26.2 Å². The van der Waals surface area contributed by atoms with Gasteiger partial charge in [-0.05, 0) is 39.4 Å². The zero-order chi connectivity index (χ0) is 13.0. The summed E-state index contributed by atoms with van der Waals surface area (Å²) >= 11 is 0. The van der Waals surface area contributed by atoms with Crippen LogP contribution in [0.3, 0.4) is 0 Å². The van der Waals surface area contributed by atoms with Crippen molar-refractivity contribution in [2.75, 3.05) is 53.0 Å². The van der Waals surface area contributed by atoms with Crippen LogP contribution >= 0.6 is 0 Å². The molecule has 18 heavy (non-hydrogen) atoms. The summed E-state index contributed by atoms with van der Waals surface area (Å²) in [6, 6.07) is 0.747. The SMILES string of the molecule is CCN1CCCC1CN(C)CC1(CN)CCOC1. The van der Waals surface area contributed by atoms with E-state index in [1.165, 1.54) is 32.5 Å². The van der Waals surface area contributed by atoms with Crippen LogP contribution in [0.4, 0.5) is 0 Å². The first-order valence-electron chi connectivity index (χ1n) is 7.39. The van der Waals surface area contributed by atoms with Crippen molar-refractivity contribution in [3.63, 3.8) is 0 Å². The lowest BCUT2D eigenvalue weighted by Crippen LogP contribution is -2.46. The summed E-state index contributed by atoms with van der Waals surface area (Å²) in [6.45, 7) is 9.46. The summed E-state index contributed by atoms with van der Waals surface area (Å²) < 4.78 is 5.55. The van der Waals surface area contributed by atoms with Gasteiger partial charge in [0.1, 0.15) is 0 Å². The highest BCUT2D eigenvalue weighted by atomic mass is 16.5. The van der Waals surface area contributed by atoms with Gasteiger partial charge in [-0.25, -0.2) is 0 Å². The maximum absolute atomic E-state index is 5.96. The predicted octanol–water partition coefficient (Wildman–Crippen LogP) is 0.768. The number of likely N-dealkylation sites (N-methyl/N-ethyl adjacent to an activating group) is 2. The van der Waals surface area contributed by atoms with Gasteiger partial charge in [0.05, 0.1) is 6.61 Å². The van der Waals surface area contributed by atoms with E-state index in [2.05, 4.69) is 23.8 Å². The molecule has 2 aliphatic rings. The van der Waals surface area contributed by atoms with Crippen molar-refractivity contribution in [3.8, 4) is 0 Å². The third-order valence-corrected chi connectivity index (χ3v) is 4.65. The lowest BCUT2D eigenvalue weighted by atomic mass is 9.87. The molecule has 0 aromatic heterocycles. The standard InChI is InChI=1S/C14H29N3O/c1-3-17-7-4-5-13(17)9-16(2)11-14(10-15)6-8-18-12-14/h13H,3-12,15H2,1-2H3. The Kier molecular flexibility index (Phi) is 5.01. The third kappa shape index (κ3) is 3.23. The van der Waals surface area contributed by atoms with Gasteiger partial charge in [0, 0.05) is 37.7 Å². The number of hydrogen-bond donors (Lipinski definition) is 1. The molecule has 0 saturated carbocycles. The predicted molar refractivity (Wildman–Crippen MR) is 74.7 cm³/mol. The fourth-order valence-corrected chi connectivity index (χ4v) is 3.51. The van der Waals surface area contributed by atoms with Gasteiger partial charge in [0.25, 0.3) is 0 Å². The van der Waals surface area contributed by atoms with E-state index >= 15 is 0 Å². The van der Waals surface area contributed by atoms with Crippen molar-refractivity contribution in [3.05, 3.63) is 0 Å². The first kappa shape index (κ1) is 14.3. The van der Waals surface area contributed by atoms with Crippen molar-refractivity contribution in [1.29, 1.82) is 0 Å². The van der Waals surface area contributed by atoms with E-state index in [-0.39, 0.29) is 5.41 Å². The summed E-state index contributed by atoms with van der Waals surface area (Å²) in [7, 11) is 2.24. The molecule has 0 aromatic rings. The first-order valence-corrected chi connectivity index (χ1v) is 7.39. The van der Waals surface area contributed by atoms with Crippen molar-refractivity contribution in [2.45, 2.75) is 32.2 Å². The van der Waals surface area contributed by atoms with Crippen LogP contribution in [0.5, 0.6) is 0 Å². The molecular weight excluding hydrogens is 226 g/mol. The van der Waals surface area contributed by atoms with E-state index in [4.69, 9.17) is 10.5 Å². The molecule has 0 aliphatic carbocycles. The molecular formula is C14H29N3O. The van der Waals surface area contributed by atoms with Gasteiger partial charge in [0.15, 0.2) is 0 Å². The van der Waals surface area contributed by atoms with E-state index in [9.17, 15) is 0 Å². The smallest absolute Gasteiger partial charge is 0.0547 e. The van der Waals surface area contributed by atoms with Crippen LogP contribution in [0.15, 0.2) is 0 Å². The molecule has 2 heterocycles. The Morgan fingerprint density at radius 2 is 2.33 bits per heavy atom. The zero-order valence-corrected chi connectivity index (χ0v) is 12.0. The quantitative estimate of drug-likeness (QED) is 0.761. The summed E-state index contributed by atoms with van der Waals surface area (Å²) in [4.78, 5) is 5.08. The first-order chi connectivity index (χ1) is 8.69. The molecule has 4 nitrogen and oxygen atoms in total. The van der Waals surface area contributed by atoms with Gasteiger partial charge >= 0.3 is 0 Å². The lowest BCUT2D eigenvalue weighted by molar-refractivity contribution is 0.111. The molecule has 106 valence electrons. The van der Waals surface area contributed by atoms with Gasteiger partial charge in [-0.1, -0.05) is 6.92 Å². The summed E-state index contributed by atoms with van der Waals surface area (Å²) in [5.74, 6) is 0. The Balaban J connectivity index is 1.82. The third-order valence-electron chi connectivity index (χ3n) is 4.65. The van der Waals surface area contributed by atoms with E-state index in [0.29, 0.717) is 0 Å². The second kappa shape index (κ2) is 6.33. The van der Waals surface area contributed by atoms with Gasteiger partial charge in [-0.3, -0.25) is 4.90 Å². The van der Waals surface area contributed by atoms with E-state index in [1.807, 2.05) is 0 Å². The molecule has 0 aromatic carbocycles. The minimum Gasteiger partial charge on any atom is -0.381 e. The Morgan fingerprint density at radius 3 is 2.94 bits per heavy atom. The molecule has 0 radical (unpaired) electrons. The molecule has 0 amide bonds. The number of ether oxygens (including phenoxy) is 1. The van der Waals surface area contributed by atoms with Crippen LogP contribution in [-0.4, -0.2) is 68.8 Å². The summed E-state index contributed by atoms with van der Waals surface area (Å²) in [5.41, 5.74) is 6.17. The Bertz CT molecular complexity index is 253. The highest BCUT2D eigenvalue weighted by Gasteiger charge is 2.35. The number of likely N-dealkylation sites (tertiary alicyclic amines) is 1. The number of rotatable bonds is 6. The fraction of sp³-hybridized carbons (Fsp3) is 1.00. The Morgan fingerprint density at radius 1 is 1.50 bits per heavy atom. The number of hydrogen-bond acceptors (Lipinski definition) is 4. The van der Waals surface area contributed by atoms with Gasteiger partial charge in [0.2, 0.25) is 0 Å². The normalized spacial score (nSPS) is 33.7. The molecule has 4 heteroatoms. The second-order valence-electron chi connectivity index (χ2n) is 6.13. The second-order valence-corrected chi connectivity index (χ2v) is 6.13. The van der Waals surface area contributed by atoms with Crippen LogP contribution in [0.2, 0.25) is 0 Å². The highest BCUT2D eigenvalue weighted by Crippen LogP contribution is 2.28. The Hall–Kier alpha value is -0.160. The molecule has 2 unspecified atom stereocenters. The average Bonchev–Trinajstić information content (AvgIpc) is 2.98. The molecule has 0 bridgehead atoms. The molecule has 2 saturated heterocycles. The van der Waals surface area contributed by atoms with Gasteiger partial charge in [-0.2, -0.15) is 0 Å². The van der Waals surface area contributed by atoms with Gasteiger partial charge < -0.3 is 15.4 Å². The van der Waals surface area contributed by atoms with Crippen molar-refractivity contribution in [2.24, 2.45) is 11.1 Å². The van der Waals surface area contributed by atoms with Crippen LogP contribution in [-0.2, 0) is 4.74 Å². The number of nitrogens with two attached hydrogens (primary N) is 1. The van der Waals surface area contributed by atoms with Crippen molar-refractivity contribution >= 4 is 0 Å². The van der Waals surface area contributed by atoms with Crippen molar-refractivity contribution < 1.29 is 4.74 Å². The van der Waals surface area contributed by atoms with E-state index in [0.717, 1.165) is 38.8 Å². The molecule has 2 rings (SSSR count). The van der Waals surface area contributed by atoms with E-state index < -0.39 is 0 Å². The lowest BCUT2D eigenvalue weighted by Gasteiger charge is -2.34. The largest absolute Gasteiger partial charge is 0.381 e. The van der Waals surface area contributed by atoms with Gasteiger partial charge in [-0.15, -0.1) is 0 Å². The van der Waals surface area contributed by atoms with E-state index in [1.54, 1.807) is 0 Å². The van der Waals surface area contributed by atoms with Crippen LogP contribution in [0.25, 0.3) is 0 Å². The van der Waals surface area contributed by atoms with Crippen LogP contribution in [0, 0.1) is 5.41 Å². The monoisotopic (exact) mass is 255 g/mol. The minimum absolute atomic E-state index is 0.213. The fourth-order valence-electron chi connectivity index (χ4n) is 3.51. The molecule has 2 aliphatic heterocycles. The Labute approximate surface area is 111 Å². The maximum Gasteiger partial charge on any atom is 0.0547 e. The molecule has 0 spiro atoms. The molecule has 2 fully saturated rings. The summed E-state index contributed by atoms with van der Waals surface area (Å²) in [6.07, 6.45) is 3.83. The minimum atomic E-state index is 0.213. The van der Waals surface area contributed by atoms with Crippen LogP contribution < -0.4 is 5.73 Å².